The minimum atomic E-state index is -0.227. The summed E-state index contributed by atoms with van der Waals surface area (Å²) in [7, 11) is 0. The lowest BCUT2D eigenvalue weighted by Crippen LogP contribution is -2.55. The third-order valence-electron chi connectivity index (χ3n) is 6.67. The molecule has 0 aliphatic carbocycles. The van der Waals surface area contributed by atoms with Gasteiger partial charge in [-0.15, -0.1) is 0 Å². The second-order valence-electron chi connectivity index (χ2n) is 8.72. The fraction of sp³-hybridized carbons (Fsp3) is 0.400. The molecule has 3 aromatic rings. The predicted octanol–water partition coefficient (Wildman–Crippen LogP) is 3.95. The van der Waals surface area contributed by atoms with Gasteiger partial charge >= 0.3 is 0 Å². The minimum absolute atomic E-state index is 0.227. The minimum Gasteiger partial charge on any atom is -0.310 e. The molecule has 0 saturated carbocycles. The van der Waals surface area contributed by atoms with E-state index in [1.54, 1.807) is 12.1 Å². The number of nitrogens with one attached hydrogen (secondary N) is 1. The van der Waals surface area contributed by atoms with Crippen molar-refractivity contribution in [2.75, 3.05) is 19.6 Å². The lowest BCUT2D eigenvalue weighted by atomic mass is 9.74. The average molecular weight is 418 g/mol. The first kappa shape index (κ1) is 20.2. The molecule has 6 heteroatoms. The molecule has 2 bridgehead atoms. The van der Waals surface area contributed by atoms with Gasteiger partial charge in [0.2, 0.25) is 0 Å². The lowest BCUT2D eigenvalue weighted by Gasteiger charge is -2.50. The van der Waals surface area contributed by atoms with Gasteiger partial charge in [-0.25, -0.2) is 14.4 Å². The maximum atomic E-state index is 13.3. The lowest BCUT2D eigenvalue weighted by molar-refractivity contribution is 0.0292. The second-order valence-corrected chi connectivity index (χ2v) is 8.72. The van der Waals surface area contributed by atoms with Crippen LogP contribution in [0.5, 0.6) is 0 Å². The zero-order chi connectivity index (χ0) is 21.2. The number of halogens is 1. The summed E-state index contributed by atoms with van der Waals surface area (Å²) in [4.78, 5) is 16.4. The maximum absolute atomic E-state index is 13.3. The highest BCUT2D eigenvalue weighted by atomic mass is 19.1. The van der Waals surface area contributed by atoms with Gasteiger partial charge in [0.25, 0.3) is 0 Å². The first-order valence-corrected chi connectivity index (χ1v) is 11.1. The smallest absolute Gasteiger partial charge is 0.126 e. The Morgan fingerprint density at radius 2 is 2.00 bits per heavy atom. The number of aryl methyl sites for hydroxylation is 1. The highest BCUT2D eigenvalue weighted by molar-refractivity contribution is 5.59. The Morgan fingerprint density at radius 1 is 1.13 bits per heavy atom. The molecule has 3 aliphatic heterocycles. The van der Waals surface area contributed by atoms with E-state index in [4.69, 9.17) is 4.98 Å². The maximum Gasteiger partial charge on any atom is 0.126 e. The molecule has 1 N–H and O–H groups in total. The molecule has 4 atom stereocenters. The summed E-state index contributed by atoms with van der Waals surface area (Å²) in [5.74, 6) is 1.63. The Balaban J connectivity index is 1.27. The number of nitrogens with zero attached hydrogens (tertiary/aromatic N) is 4. The number of hydrogen-bond donors (Lipinski definition) is 1. The number of aromatic nitrogens is 3. The predicted molar refractivity (Wildman–Crippen MR) is 119 cm³/mol. The zero-order valence-electron chi connectivity index (χ0n) is 17.8. The fourth-order valence-electron chi connectivity index (χ4n) is 5.10. The van der Waals surface area contributed by atoms with E-state index in [1.807, 2.05) is 25.3 Å². The van der Waals surface area contributed by atoms with E-state index in [-0.39, 0.29) is 5.82 Å². The van der Waals surface area contributed by atoms with Crippen LogP contribution in [0.2, 0.25) is 0 Å². The Hall–Kier alpha value is -2.70. The van der Waals surface area contributed by atoms with Crippen molar-refractivity contribution >= 4 is 0 Å². The SMILES string of the molecule is Cc1nc(-c2ccc(F)cc2)cc([C@H]2CN3CC[C@H]2C[C@@H]3CNCc2ccccn2)n1. The van der Waals surface area contributed by atoms with E-state index < -0.39 is 0 Å². The van der Waals surface area contributed by atoms with Crippen molar-refractivity contribution in [2.24, 2.45) is 5.92 Å². The van der Waals surface area contributed by atoms with Gasteiger partial charge in [-0.05, 0) is 74.7 Å². The van der Waals surface area contributed by atoms with E-state index >= 15 is 0 Å². The molecule has 1 aromatic carbocycles. The van der Waals surface area contributed by atoms with Crippen LogP contribution < -0.4 is 5.32 Å². The van der Waals surface area contributed by atoms with Gasteiger partial charge in [0.1, 0.15) is 11.6 Å². The molecule has 3 fully saturated rings. The molecule has 3 aliphatic rings. The fourth-order valence-corrected chi connectivity index (χ4v) is 5.10. The highest BCUT2D eigenvalue weighted by Crippen LogP contribution is 2.41. The topological polar surface area (TPSA) is 53.9 Å². The van der Waals surface area contributed by atoms with Gasteiger partial charge in [0, 0.05) is 49.0 Å². The van der Waals surface area contributed by atoms with E-state index in [0.29, 0.717) is 17.9 Å². The van der Waals surface area contributed by atoms with Crippen LogP contribution in [0.15, 0.2) is 54.7 Å². The number of pyridine rings is 1. The van der Waals surface area contributed by atoms with Gasteiger partial charge in [-0.2, -0.15) is 0 Å². The summed E-state index contributed by atoms with van der Waals surface area (Å²) in [5, 5.41) is 3.59. The number of piperidine rings is 3. The van der Waals surface area contributed by atoms with E-state index in [2.05, 4.69) is 32.3 Å². The molecular formula is C25H28FN5. The molecule has 5 heterocycles. The molecule has 0 amide bonds. The summed E-state index contributed by atoms with van der Waals surface area (Å²) in [5.41, 5.74) is 4.03. The summed E-state index contributed by atoms with van der Waals surface area (Å²) < 4.78 is 13.3. The van der Waals surface area contributed by atoms with Crippen molar-refractivity contribution in [3.8, 4) is 11.3 Å². The number of rotatable bonds is 6. The molecule has 160 valence electrons. The molecule has 0 spiro atoms. The highest BCUT2D eigenvalue weighted by Gasteiger charge is 2.41. The zero-order valence-corrected chi connectivity index (χ0v) is 17.8. The molecule has 31 heavy (non-hydrogen) atoms. The molecule has 1 unspecified atom stereocenters. The van der Waals surface area contributed by atoms with Crippen molar-refractivity contribution in [1.82, 2.24) is 25.2 Å². The summed E-state index contributed by atoms with van der Waals surface area (Å²) >= 11 is 0. The Labute approximate surface area is 182 Å². The molecule has 3 saturated heterocycles. The summed E-state index contributed by atoms with van der Waals surface area (Å²) in [6, 6.07) is 15.3. The van der Waals surface area contributed by atoms with Crippen LogP contribution in [0.4, 0.5) is 4.39 Å². The number of benzene rings is 1. The molecule has 6 rings (SSSR count). The van der Waals surface area contributed by atoms with Crippen molar-refractivity contribution in [3.63, 3.8) is 0 Å². The van der Waals surface area contributed by atoms with Crippen LogP contribution >= 0.6 is 0 Å². The van der Waals surface area contributed by atoms with Gasteiger partial charge in [0.15, 0.2) is 0 Å². The first-order chi connectivity index (χ1) is 15.2. The van der Waals surface area contributed by atoms with Gasteiger partial charge in [-0.1, -0.05) is 6.07 Å². The van der Waals surface area contributed by atoms with Crippen LogP contribution in [0.1, 0.15) is 36.0 Å². The quantitative estimate of drug-likeness (QED) is 0.658. The van der Waals surface area contributed by atoms with Crippen molar-refractivity contribution in [1.29, 1.82) is 0 Å². The Kier molecular flexibility index (Phi) is 5.74. The second kappa shape index (κ2) is 8.81. The third-order valence-corrected chi connectivity index (χ3v) is 6.67. The van der Waals surface area contributed by atoms with Crippen LogP contribution in [0, 0.1) is 18.7 Å². The van der Waals surface area contributed by atoms with Crippen LogP contribution in [-0.4, -0.2) is 45.5 Å². The van der Waals surface area contributed by atoms with Crippen molar-refractivity contribution < 1.29 is 4.39 Å². The molecule has 2 aromatic heterocycles. The Morgan fingerprint density at radius 3 is 2.74 bits per heavy atom. The monoisotopic (exact) mass is 417 g/mol. The summed E-state index contributed by atoms with van der Waals surface area (Å²) in [6.45, 7) is 5.95. The van der Waals surface area contributed by atoms with E-state index in [1.165, 1.54) is 25.0 Å². The summed E-state index contributed by atoms with van der Waals surface area (Å²) in [6.07, 6.45) is 4.25. The van der Waals surface area contributed by atoms with Crippen molar-refractivity contribution in [2.45, 2.75) is 38.3 Å². The van der Waals surface area contributed by atoms with Gasteiger partial charge in [-0.3, -0.25) is 9.88 Å². The van der Waals surface area contributed by atoms with Crippen LogP contribution in [0.3, 0.4) is 0 Å². The molecule has 5 nitrogen and oxygen atoms in total. The standard InChI is InChI=1S/C25H28FN5/c1-17-29-24(18-5-7-20(26)8-6-18)13-25(30-17)23-16-31-11-9-19(23)12-22(31)15-27-14-21-4-2-3-10-28-21/h2-8,10,13,19,22-23,27H,9,11-12,14-16H2,1H3/t19-,22+,23-/m0/s1. The van der Waals surface area contributed by atoms with Gasteiger partial charge in [0.05, 0.1) is 11.4 Å². The van der Waals surface area contributed by atoms with Crippen LogP contribution in [-0.2, 0) is 6.54 Å². The number of hydrogen-bond acceptors (Lipinski definition) is 5. The van der Waals surface area contributed by atoms with Gasteiger partial charge < -0.3 is 5.32 Å². The van der Waals surface area contributed by atoms with Crippen molar-refractivity contribution in [3.05, 3.63) is 77.8 Å². The number of fused-ring (bicyclic) bond motifs is 3. The third kappa shape index (κ3) is 4.50. The average Bonchev–Trinajstić information content (AvgIpc) is 2.80. The largest absolute Gasteiger partial charge is 0.310 e. The normalized spacial score (nSPS) is 25.0. The van der Waals surface area contributed by atoms with Crippen LogP contribution in [0.25, 0.3) is 11.3 Å². The molecular weight excluding hydrogens is 389 g/mol. The Bertz CT molecular complexity index is 1020. The van der Waals surface area contributed by atoms with E-state index in [9.17, 15) is 4.39 Å². The first-order valence-electron chi connectivity index (χ1n) is 11.1. The molecule has 0 radical (unpaired) electrons. The van der Waals surface area contributed by atoms with E-state index in [0.717, 1.165) is 54.6 Å².